The lowest BCUT2D eigenvalue weighted by molar-refractivity contribution is -0.252. The monoisotopic (exact) mass is 579 g/mol. The van der Waals surface area contributed by atoms with Crippen molar-refractivity contribution in [3.63, 3.8) is 0 Å². The lowest BCUT2D eigenvalue weighted by Gasteiger charge is -2.38. The van der Waals surface area contributed by atoms with E-state index in [1.807, 2.05) is 55.5 Å². The zero-order valence-corrected chi connectivity index (χ0v) is 24.9. The van der Waals surface area contributed by atoms with Crippen LogP contribution in [-0.2, 0) is 29.2 Å². The number of amides is 2. The first-order valence-corrected chi connectivity index (χ1v) is 15.0. The average molecular weight is 580 g/mol. The van der Waals surface area contributed by atoms with Crippen LogP contribution in [0.5, 0.6) is 0 Å². The number of nitrogens with one attached hydrogen (secondary N) is 2. The zero-order chi connectivity index (χ0) is 30.0. The maximum absolute atomic E-state index is 12.0. The first-order chi connectivity index (χ1) is 21.0. The van der Waals surface area contributed by atoms with E-state index in [9.17, 15) is 9.90 Å². The standard InChI is InChI=1S/C36H41N3O4/c1-3-37-36(41)38-22-31-11-7-8-12-33(31)28-17-19-30(20-18-28)35-42-32(24-39(2)23-26-9-5-4-6-10-26)21-34(43-35)29-15-13-27(25-40)14-16-29/h4-20,32,34-35,40H,3,21-25H2,1-2H3,(H2,37,38,41)/t32-,34+,35+/m1/s1. The summed E-state index contributed by atoms with van der Waals surface area (Å²) in [5.74, 6) is 0. The second kappa shape index (κ2) is 14.9. The van der Waals surface area contributed by atoms with E-state index >= 15 is 0 Å². The van der Waals surface area contributed by atoms with Gasteiger partial charge in [-0.1, -0.05) is 103 Å². The van der Waals surface area contributed by atoms with Gasteiger partial charge in [-0.05, 0) is 47.4 Å². The number of rotatable bonds is 11. The summed E-state index contributed by atoms with van der Waals surface area (Å²) in [5, 5.41) is 15.2. The highest BCUT2D eigenvalue weighted by Crippen LogP contribution is 2.39. The third kappa shape index (κ3) is 8.30. The molecule has 1 fully saturated rings. The van der Waals surface area contributed by atoms with Crippen molar-refractivity contribution in [1.29, 1.82) is 0 Å². The number of ether oxygens (including phenoxy) is 2. The van der Waals surface area contributed by atoms with Crippen molar-refractivity contribution in [1.82, 2.24) is 15.5 Å². The molecule has 7 heteroatoms. The van der Waals surface area contributed by atoms with Crippen LogP contribution in [0.15, 0.2) is 103 Å². The number of benzene rings is 4. The molecule has 0 radical (unpaired) electrons. The van der Waals surface area contributed by atoms with E-state index in [1.165, 1.54) is 5.56 Å². The predicted octanol–water partition coefficient (Wildman–Crippen LogP) is 6.34. The molecule has 4 aromatic rings. The lowest BCUT2D eigenvalue weighted by atomic mass is 9.97. The summed E-state index contributed by atoms with van der Waals surface area (Å²) in [4.78, 5) is 14.3. The van der Waals surface area contributed by atoms with E-state index in [4.69, 9.17) is 9.47 Å². The van der Waals surface area contributed by atoms with Crippen molar-refractivity contribution in [3.8, 4) is 11.1 Å². The Morgan fingerprint density at radius 3 is 2.26 bits per heavy atom. The van der Waals surface area contributed by atoms with E-state index in [2.05, 4.69) is 77.2 Å². The molecule has 0 aromatic heterocycles. The summed E-state index contributed by atoms with van der Waals surface area (Å²) in [6.07, 6.45) is 0.0474. The van der Waals surface area contributed by atoms with E-state index in [1.54, 1.807) is 0 Å². The first kappa shape index (κ1) is 30.4. The lowest BCUT2D eigenvalue weighted by Crippen LogP contribution is -2.37. The Morgan fingerprint density at radius 1 is 0.837 bits per heavy atom. The second-order valence-electron chi connectivity index (χ2n) is 11.0. The van der Waals surface area contributed by atoms with Crippen molar-refractivity contribution in [2.45, 2.75) is 51.5 Å². The predicted molar refractivity (Wildman–Crippen MR) is 169 cm³/mol. The summed E-state index contributed by atoms with van der Waals surface area (Å²) < 4.78 is 13.1. The SMILES string of the molecule is CCNC(=O)NCc1ccccc1-c1ccc([C@H]2O[C@@H](CN(C)Cc3ccccc3)C[C@@H](c3ccc(CO)cc3)O2)cc1. The highest BCUT2D eigenvalue weighted by molar-refractivity contribution is 5.74. The normalized spacial score (nSPS) is 18.4. The molecule has 4 aromatic carbocycles. The topological polar surface area (TPSA) is 83.1 Å². The van der Waals surface area contributed by atoms with E-state index in [0.29, 0.717) is 13.1 Å². The third-order valence-electron chi connectivity index (χ3n) is 7.71. The van der Waals surface area contributed by atoms with Crippen LogP contribution in [0, 0.1) is 0 Å². The Labute approximate surface area is 254 Å². The third-order valence-corrected chi connectivity index (χ3v) is 7.71. The highest BCUT2D eigenvalue weighted by atomic mass is 16.7. The van der Waals surface area contributed by atoms with Crippen molar-refractivity contribution in [2.24, 2.45) is 0 Å². The summed E-state index contributed by atoms with van der Waals surface area (Å²) in [5.41, 5.74) is 7.34. The fraction of sp³-hybridized carbons (Fsp3) is 0.306. The van der Waals surface area contributed by atoms with Gasteiger partial charge in [0, 0.05) is 38.2 Å². The average Bonchev–Trinajstić information content (AvgIpc) is 3.04. The molecule has 0 spiro atoms. The van der Waals surface area contributed by atoms with Crippen LogP contribution in [0.1, 0.15) is 53.6 Å². The molecule has 224 valence electrons. The number of carbonyl (C=O) groups is 1. The van der Waals surface area contributed by atoms with Gasteiger partial charge >= 0.3 is 6.03 Å². The van der Waals surface area contributed by atoms with Crippen LogP contribution in [0.2, 0.25) is 0 Å². The Balaban J connectivity index is 1.33. The molecule has 1 aliphatic rings. The van der Waals surface area contributed by atoms with Crippen LogP contribution in [0.3, 0.4) is 0 Å². The smallest absolute Gasteiger partial charge is 0.315 e. The van der Waals surface area contributed by atoms with Crippen LogP contribution < -0.4 is 10.6 Å². The quantitative estimate of drug-likeness (QED) is 0.193. The molecule has 0 aliphatic carbocycles. The van der Waals surface area contributed by atoms with Gasteiger partial charge < -0.3 is 25.2 Å². The van der Waals surface area contributed by atoms with Gasteiger partial charge in [0.2, 0.25) is 0 Å². The van der Waals surface area contributed by atoms with E-state index in [0.717, 1.165) is 52.9 Å². The maximum atomic E-state index is 12.0. The van der Waals surface area contributed by atoms with Crippen molar-refractivity contribution < 1.29 is 19.4 Å². The molecule has 0 bridgehead atoms. The number of nitrogens with zero attached hydrogens (tertiary/aromatic N) is 1. The van der Waals surface area contributed by atoms with E-state index in [-0.39, 0.29) is 24.8 Å². The van der Waals surface area contributed by atoms with Gasteiger partial charge in [-0.25, -0.2) is 4.79 Å². The number of hydrogen-bond acceptors (Lipinski definition) is 5. The molecule has 1 heterocycles. The molecule has 0 unspecified atom stereocenters. The summed E-state index contributed by atoms with van der Waals surface area (Å²) >= 11 is 0. The summed E-state index contributed by atoms with van der Waals surface area (Å²) in [7, 11) is 2.12. The van der Waals surface area contributed by atoms with Crippen molar-refractivity contribution in [3.05, 3.63) is 131 Å². The first-order valence-electron chi connectivity index (χ1n) is 15.0. The Hall–Kier alpha value is -4.01. The van der Waals surface area contributed by atoms with Gasteiger partial charge in [0.05, 0.1) is 18.8 Å². The molecule has 1 aliphatic heterocycles. The van der Waals surface area contributed by atoms with Gasteiger partial charge in [0.25, 0.3) is 0 Å². The minimum Gasteiger partial charge on any atom is -0.392 e. The van der Waals surface area contributed by atoms with Crippen molar-refractivity contribution >= 4 is 6.03 Å². The van der Waals surface area contributed by atoms with Crippen LogP contribution in [0.4, 0.5) is 4.79 Å². The Morgan fingerprint density at radius 2 is 1.53 bits per heavy atom. The molecule has 43 heavy (non-hydrogen) atoms. The van der Waals surface area contributed by atoms with Crippen LogP contribution >= 0.6 is 0 Å². The number of aliphatic hydroxyl groups excluding tert-OH is 1. The van der Waals surface area contributed by atoms with Gasteiger partial charge in [0.15, 0.2) is 6.29 Å². The fourth-order valence-corrected chi connectivity index (χ4v) is 5.51. The Bertz CT molecular complexity index is 1440. The van der Waals surface area contributed by atoms with E-state index < -0.39 is 6.29 Å². The molecule has 3 N–H and O–H groups in total. The molecule has 3 atom stereocenters. The minimum absolute atomic E-state index is 0.0158. The number of carbonyl (C=O) groups excluding carboxylic acids is 1. The van der Waals surface area contributed by atoms with Gasteiger partial charge in [0.1, 0.15) is 0 Å². The summed E-state index contributed by atoms with van der Waals surface area (Å²) in [6.45, 7) is 4.54. The second-order valence-corrected chi connectivity index (χ2v) is 11.0. The van der Waals surface area contributed by atoms with Gasteiger partial charge in [-0.15, -0.1) is 0 Å². The van der Waals surface area contributed by atoms with Gasteiger partial charge in [-0.3, -0.25) is 4.90 Å². The molecule has 5 rings (SSSR count). The molecule has 7 nitrogen and oxygen atoms in total. The maximum Gasteiger partial charge on any atom is 0.315 e. The number of hydrogen-bond donors (Lipinski definition) is 3. The minimum atomic E-state index is -0.518. The molecular weight excluding hydrogens is 538 g/mol. The van der Waals surface area contributed by atoms with Crippen molar-refractivity contribution in [2.75, 3.05) is 20.1 Å². The number of urea groups is 1. The van der Waals surface area contributed by atoms with Crippen LogP contribution in [0.25, 0.3) is 11.1 Å². The number of aliphatic hydroxyl groups is 1. The van der Waals surface area contributed by atoms with Crippen LogP contribution in [-0.4, -0.2) is 42.3 Å². The van der Waals surface area contributed by atoms with Gasteiger partial charge in [-0.2, -0.15) is 0 Å². The Kier molecular flexibility index (Phi) is 10.6. The molecule has 1 saturated heterocycles. The largest absolute Gasteiger partial charge is 0.392 e. The summed E-state index contributed by atoms with van der Waals surface area (Å²) in [6, 6.07) is 34.7. The molecule has 0 saturated carbocycles. The highest BCUT2D eigenvalue weighted by Gasteiger charge is 2.32. The zero-order valence-electron chi connectivity index (χ0n) is 24.9. The number of likely N-dealkylation sites (N-methyl/N-ethyl adjacent to an activating group) is 1. The molecular formula is C36H41N3O4. The fourth-order valence-electron chi connectivity index (χ4n) is 5.51. The molecule has 2 amide bonds.